The second-order valence-electron chi connectivity index (χ2n) is 7.03. The van der Waals surface area contributed by atoms with E-state index in [1.54, 1.807) is 10.9 Å². The summed E-state index contributed by atoms with van der Waals surface area (Å²) >= 11 is 0. The Kier molecular flexibility index (Phi) is 4.75. The number of ketones is 1. The van der Waals surface area contributed by atoms with Crippen LogP contribution in [0.1, 0.15) is 25.0 Å². The van der Waals surface area contributed by atoms with Gasteiger partial charge in [0.2, 0.25) is 0 Å². The van der Waals surface area contributed by atoms with E-state index in [1.165, 1.54) is 19.3 Å². The second-order valence-corrected chi connectivity index (χ2v) is 7.03. The number of Topliss-reactive ketones (excluding diaryl/α,β-unsaturated/α-hetero) is 1. The molecule has 134 valence electrons. The summed E-state index contributed by atoms with van der Waals surface area (Å²) in [6, 6.07) is 8.22. The van der Waals surface area contributed by atoms with Crippen molar-refractivity contribution in [3.8, 4) is 11.3 Å². The van der Waals surface area contributed by atoms with Crippen molar-refractivity contribution in [3.63, 3.8) is 0 Å². The molecule has 0 atom stereocenters. The first-order chi connectivity index (χ1) is 12.7. The molecule has 1 aliphatic rings. The number of hydrogen-bond acceptors (Lipinski definition) is 5. The number of carbonyl (C=O) groups excluding carboxylic acids is 1. The lowest BCUT2D eigenvalue weighted by atomic mass is 10.0. The molecule has 3 heterocycles. The van der Waals surface area contributed by atoms with Crippen LogP contribution in [0.25, 0.3) is 22.0 Å². The molecule has 0 radical (unpaired) electrons. The Hall–Kier alpha value is -2.60. The third kappa shape index (κ3) is 3.65. The predicted octanol–water partition coefficient (Wildman–Crippen LogP) is 2.63. The SMILES string of the molecule is Cn1nncc1-c1ccc2cnc(CC(=O)CN3CCCCC3)cc2c1. The maximum atomic E-state index is 12.4. The monoisotopic (exact) mass is 349 g/mol. The fraction of sp³-hybridized carbons (Fsp3) is 0.400. The Morgan fingerprint density at radius 3 is 2.69 bits per heavy atom. The quantitative estimate of drug-likeness (QED) is 0.708. The van der Waals surface area contributed by atoms with Gasteiger partial charge in [-0.15, -0.1) is 5.10 Å². The number of carbonyl (C=O) groups is 1. The molecular weight excluding hydrogens is 326 g/mol. The molecule has 0 spiro atoms. The lowest BCUT2D eigenvalue weighted by Gasteiger charge is -2.25. The highest BCUT2D eigenvalue weighted by Crippen LogP contribution is 2.23. The average Bonchev–Trinajstić information content (AvgIpc) is 3.08. The van der Waals surface area contributed by atoms with E-state index in [0.717, 1.165) is 40.8 Å². The van der Waals surface area contributed by atoms with Crippen molar-refractivity contribution in [2.45, 2.75) is 25.7 Å². The van der Waals surface area contributed by atoms with Gasteiger partial charge >= 0.3 is 0 Å². The number of rotatable bonds is 5. The zero-order valence-corrected chi connectivity index (χ0v) is 15.1. The van der Waals surface area contributed by atoms with E-state index in [-0.39, 0.29) is 5.78 Å². The van der Waals surface area contributed by atoms with Gasteiger partial charge in [0.1, 0.15) is 0 Å². The zero-order chi connectivity index (χ0) is 17.9. The van der Waals surface area contributed by atoms with E-state index in [0.29, 0.717) is 13.0 Å². The average molecular weight is 349 g/mol. The summed E-state index contributed by atoms with van der Waals surface area (Å²) in [4.78, 5) is 19.2. The van der Waals surface area contributed by atoms with Gasteiger partial charge in [0.25, 0.3) is 0 Å². The Morgan fingerprint density at radius 1 is 1.08 bits per heavy atom. The summed E-state index contributed by atoms with van der Waals surface area (Å²) in [5.41, 5.74) is 2.85. The molecule has 0 saturated carbocycles. The third-order valence-corrected chi connectivity index (χ3v) is 5.02. The molecule has 1 aliphatic heterocycles. The van der Waals surface area contributed by atoms with Crippen molar-refractivity contribution in [2.75, 3.05) is 19.6 Å². The van der Waals surface area contributed by atoms with Crippen LogP contribution < -0.4 is 0 Å². The van der Waals surface area contributed by atoms with Crippen LogP contribution in [0.3, 0.4) is 0 Å². The molecule has 0 unspecified atom stereocenters. The molecule has 0 bridgehead atoms. The van der Waals surface area contributed by atoms with Gasteiger partial charge in [-0.2, -0.15) is 0 Å². The number of hydrogen-bond donors (Lipinski definition) is 0. The maximum absolute atomic E-state index is 12.4. The second kappa shape index (κ2) is 7.33. The van der Waals surface area contributed by atoms with E-state index in [1.807, 2.05) is 31.4 Å². The molecule has 2 aromatic heterocycles. The minimum Gasteiger partial charge on any atom is -0.298 e. The van der Waals surface area contributed by atoms with Gasteiger partial charge in [-0.25, -0.2) is 4.68 Å². The zero-order valence-electron chi connectivity index (χ0n) is 15.1. The minimum absolute atomic E-state index is 0.241. The Labute approximate surface area is 152 Å². The smallest absolute Gasteiger partial charge is 0.152 e. The standard InChI is InChI=1S/C20H23N5O/c1-24-20(13-22-23-24)15-5-6-16-12-21-18(10-17(16)9-15)11-19(26)14-25-7-3-2-4-8-25/h5-6,9-10,12-13H,2-4,7-8,11,14H2,1H3. The van der Waals surface area contributed by atoms with Gasteiger partial charge in [0.05, 0.1) is 24.9 Å². The van der Waals surface area contributed by atoms with Crippen LogP contribution in [-0.4, -0.2) is 50.3 Å². The molecule has 26 heavy (non-hydrogen) atoms. The molecule has 1 fully saturated rings. The summed E-state index contributed by atoms with van der Waals surface area (Å²) in [6.07, 6.45) is 7.69. The Bertz CT molecular complexity index is 927. The molecule has 4 rings (SSSR count). The fourth-order valence-corrected chi connectivity index (χ4v) is 3.62. The van der Waals surface area contributed by atoms with Gasteiger partial charge in [0, 0.05) is 29.9 Å². The molecule has 0 aliphatic carbocycles. The molecule has 3 aromatic rings. The Morgan fingerprint density at radius 2 is 1.92 bits per heavy atom. The van der Waals surface area contributed by atoms with E-state index < -0.39 is 0 Å². The van der Waals surface area contributed by atoms with Crippen molar-refractivity contribution in [3.05, 3.63) is 42.4 Å². The van der Waals surface area contributed by atoms with E-state index in [4.69, 9.17) is 0 Å². The van der Waals surface area contributed by atoms with E-state index >= 15 is 0 Å². The summed E-state index contributed by atoms with van der Waals surface area (Å²) in [6.45, 7) is 2.62. The maximum Gasteiger partial charge on any atom is 0.152 e. The van der Waals surface area contributed by atoms with Crippen molar-refractivity contribution in [1.29, 1.82) is 0 Å². The van der Waals surface area contributed by atoms with Crippen molar-refractivity contribution in [2.24, 2.45) is 7.05 Å². The third-order valence-electron chi connectivity index (χ3n) is 5.02. The van der Waals surface area contributed by atoms with Crippen LogP contribution in [0, 0.1) is 0 Å². The van der Waals surface area contributed by atoms with Crippen molar-refractivity contribution >= 4 is 16.6 Å². The summed E-state index contributed by atoms with van der Waals surface area (Å²) in [5, 5.41) is 10.1. The molecule has 0 amide bonds. The first-order valence-electron chi connectivity index (χ1n) is 9.17. The first-order valence-corrected chi connectivity index (χ1v) is 9.17. The molecule has 1 aromatic carbocycles. The number of pyridine rings is 1. The largest absolute Gasteiger partial charge is 0.298 e. The molecular formula is C20H23N5O. The van der Waals surface area contributed by atoms with Crippen LogP contribution in [-0.2, 0) is 18.3 Å². The highest BCUT2D eigenvalue weighted by Gasteiger charge is 2.15. The van der Waals surface area contributed by atoms with Crippen LogP contribution >= 0.6 is 0 Å². The number of aryl methyl sites for hydroxylation is 1. The Balaban J connectivity index is 1.52. The molecule has 6 nitrogen and oxygen atoms in total. The van der Waals surface area contributed by atoms with Crippen LogP contribution in [0.4, 0.5) is 0 Å². The van der Waals surface area contributed by atoms with Crippen LogP contribution in [0.2, 0.25) is 0 Å². The summed E-state index contributed by atoms with van der Waals surface area (Å²) < 4.78 is 1.76. The summed E-state index contributed by atoms with van der Waals surface area (Å²) in [5.74, 6) is 0.241. The molecule has 6 heteroatoms. The van der Waals surface area contributed by atoms with Crippen molar-refractivity contribution in [1.82, 2.24) is 24.9 Å². The normalized spacial score (nSPS) is 15.4. The minimum atomic E-state index is 0.241. The number of piperidine rings is 1. The van der Waals surface area contributed by atoms with E-state index in [9.17, 15) is 4.79 Å². The van der Waals surface area contributed by atoms with Gasteiger partial charge in [-0.3, -0.25) is 14.7 Å². The van der Waals surface area contributed by atoms with Gasteiger partial charge in [0.15, 0.2) is 5.78 Å². The summed E-state index contributed by atoms with van der Waals surface area (Å²) in [7, 11) is 1.88. The number of benzene rings is 1. The number of nitrogens with zero attached hydrogens (tertiary/aromatic N) is 5. The lowest BCUT2D eigenvalue weighted by molar-refractivity contribution is -0.119. The number of likely N-dealkylation sites (tertiary alicyclic amines) is 1. The van der Waals surface area contributed by atoms with Gasteiger partial charge < -0.3 is 0 Å². The van der Waals surface area contributed by atoms with Gasteiger partial charge in [-0.1, -0.05) is 23.8 Å². The lowest BCUT2D eigenvalue weighted by Crippen LogP contribution is -2.35. The topological polar surface area (TPSA) is 63.9 Å². The van der Waals surface area contributed by atoms with E-state index in [2.05, 4.69) is 26.3 Å². The molecule has 0 N–H and O–H groups in total. The number of aromatic nitrogens is 4. The van der Waals surface area contributed by atoms with Crippen LogP contribution in [0.5, 0.6) is 0 Å². The number of fused-ring (bicyclic) bond motifs is 1. The fourth-order valence-electron chi connectivity index (χ4n) is 3.62. The highest BCUT2D eigenvalue weighted by atomic mass is 16.1. The van der Waals surface area contributed by atoms with Crippen molar-refractivity contribution < 1.29 is 4.79 Å². The molecule has 1 saturated heterocycles. The van der Waals surface area contributed by atoms with Crippen LogP contribution in [0.15, 0.2) is 36.7 Å². The predicted molar refractivity (Wildman–Crippen MR) is 101 cm³/mol. The first kappa shape index (κ1) is 16.8. The highest BCUT2D eigenvalue weighted by molar-refractivity contribution is 5.88. The van der Waals surface area contributed by atoms with Gasteiger partial charge in [-0.05, 0) is 43.5 Å².